The minimum atomic E-state index is -0.497. The molecule has 0 bridgehead atoms. The molecule has 2 atom stereocenters. The zero-order valence-electron chi connectivity index (χ0n) is 14.7. The van der Waals surface area contributed by atoms with Crippen molar-refractivity contribution in [2.24, 2.45) is 5.92 Å². The Balaban J connectivity index is 1.94. The first-order valence-electron chi connectivity index (χ1n) is 8.52. The van der Waals surface area contributed by atoms with Gasteiger partial charge < -0.3 is 19.7 Å². The summed E-state index contributed by atoms with van der Waals surface area (Å²) in [4.78, 5) is 37.0. The van der Waals surface area contributed by atoms with Crippen molar-refractivity contribution in [3.8, 4) is 0 Å². The molecule has 1 aromatic rings. The highest BCUT2D eigenvalue weighted by Gasteiger charge is 2.30. The number of quaternary nitrogens is 1. The predicted molar refractivity (Wildman–Crippen MR) is 91.3 cm³/mol. The molecule has 1 aliphatic heterocycles. The lowest BCUT2D eigenvalue weighted by Gasteiger charge is -2.28. The SMILES string of the molecule is CCOC(=O)[C@H]1CCC[NH+](CC(=O)Nc2ccccc2C(=O)OC)C1. The lowest BCUT2D eigenvalue weighted by Crippen LogP contribution is -3.14. The molecule has 0 radical (unpaired) electrons. The summed E-state index contributed by atoms with van der Waals surface area (Å²) in [6.07, 6.45) is 1.68. The Morgan fingerprint density at radius 1 is 1.28 bits per heavy atom. The van der Waals surface area contributed by atoms with Gasteiger partial charge in [-0.25, -0.2) is 4.79 Å². The van der Waals surface area contributed by atoms with Gasteiger partial charge in [-0.3, -0.25) is 9.59 Å². The average Bonchev–Trinajstić information content (AvgIpc) is 2.62. The lowest BCUT2D eigenvalue weighted by atomic mass is 9.98. The molecule has 136 valence electrons. The third-order valence-electron chi connectivity index (χ3n) is 4.25. The molecule has 1 aliphatic rings. The fourth-order valence-electron chi connectivity index (χ4n) is 3.07. The number of esters is 2. The van der Waals surface area contributed by atoms with Crippen LogP contribution in [0.4, 0.5) is 5.69 Å². The van der Waals surface area contributed by atoms with Crippen LogP contribution in [0.15, 0.2) is 24.3 Å². The molecule has 0 aromatic heterocycles. The second-order valence-corrected chi connectivity index (χ2v) is 6.06. The van der Waals surface area contributed by atoms with Gasteiger partial charge in [0.25, 0.3) is 5.91 Å². The minimum absolute atomic E-state index is 0.154. The molecule has 1 unspecified atom stereocenters. The average molecular weight is 349 g/mol. The maximum Gasteiger partial charge on any atom is 0.339 e. The van der Waals surface area contributed by atoms with Crippen molar-refractivity contribution in [2.75, 3.05) is 38.7 Å². The first kappa shape index (κ1) is 18.9. The van der Waals surface area contributed by atoms with Gasteiger partial charge in [0.1, 0.15) is 5.92 Å². The number of carbonyl (C=O) groups is 3. The van der Waals surface area contributed by atoms with Crippen LogP contribution >= 0.6 is 0 Å². The van der Waals surface area contributed by atoms with Crippen LogP contribution in [0.3, 0.4) is 0 Å². The topological polar surface area (TPSA) is 86.1 Å². The summed E-state index contributed by atoms with van der Waals surface area (Å²) in [7, 11) is 1.30. The van der Waals surface area contributed by atoms with Crippen LogP contribution in [0, 0.1) is 5.92 Å². The number of methoxy groups -OCH3 is 1. The van der Waals surface area contributed by atoms with Crippen LogP contribution in [0.2, 0.25) is 0 Å². The number of rotatable bonds is 6. The van der Waals surface area contributed by atoms with Gasteiger partial charge in [-0.05, 0) is 31.9 Å². The Labute approximate surface area is 147 Å². The normalized spacial score (nSPS) is 19.8. The van der Waals surface area contributed by atoms with Crippen molar-refractivity contribution >= 4 is 23.5 Å². The van der Waals surface area contributed by atoms with E-state index in [1.807, 2.05) is 0 Å². The van der Waals surface area contributed by atoms with Crippen molar-refractivity contribution in [2.45, 2.75) is 19.8 Å². The first-order chi connectivity index (χ1) is 12.0. The highest BCUT2D eigenvalue weighted by atomic mass is 16.5. The molecule has 25 heavy (non-hydrogen) atoms. The number of nitrogens with one attached hydrogen (secondary N) is 2. The quantitative estimate of drug-likeness (QED) is 0.720. The third-order valence-corrected chi connectivity index (χ3v) is 4.25. The van der Waals surface area contributed by atoms with Crippen LogP contribution in [0.25, 0.3) is 0 Å². The molecule has 1 fully saturated rings. The minimum Gasteiger partial charge on any atom is -0.466 e. The van der Waals surface area contributed by atoms with E-state index >= 15 is 0 Å². The Bertz CT molecular complexity index is 632. The molecule has 0 aliphatic carbocycles. The van der Waals surface area contributed by atoms with Crippen molar-refractivity contribution in [1.29, 1.82) is 0 Å². The number of para-hydroxylation sites is 1. The van der Waals surface area contributed by atoms with Crippen LogP contribution in [0.1, 0.15) is 30.1 Å². The molecule has 0 spiro atoms. The molecule has 2 rings (SSSR count). The number of hydrogen-bond acceptors (Lipinski definition) is 5. The van der Waals surface area contributed by atoms with Crippen LogP contribution in [-0.2, 0) is 19.1 Å². The molecule has 7 heteroatoms. The van der Waals surface area contributed by atoms with Crippen molar-refractivity contribution in [1.82, 2.24) is 0 Å². The van der Waals surface area contributed by atoms with E-state index in [1.165, 1.54) is 7.11 Å². The summed E-state index contributed by atoms with van der Waals surface area (Å²) in [5.41, 5.74) is 0.745. The number of ether oxygens (including phenoxy) is 2. The Morgan fingerprint density at radius 3 is 2.76 bits per heavy atom. The monoisotopic (exact) mass is 349 g/mol. The third kappa shape index (κ3) is 5.29. The van der Waals surface area contributed by atoms with Crippen LogP contribution < -0.4 is 10.2 Å². The first-order valence-corrected chi connectivity index (χ1v) is 8.52. The lowest BCUT2D eigenvalue weighted by molar-refractivity contribution is -0.899. The number of likely N-dealkylation sites (tertiary alicyclic amines) is 1. The Kier molecular flexibility index (Phi) is 6.94. The second-order valence-electron chi connectivity index (χ2n) is 6.06. The van der Waals surface area contributed by atoms with Crippen LogP contribution in [-0.4, -0.2) is 51.2 Å². The van der Waals surface area contributed by atoms with Gasteiger partial charge >= 0.3 is 11.9 Å². The molecule has 2 N–H and O–H groups in total. The van der Waals surface area contributed by atoms with E-state index in [4.69, 9.17) is 9.47 Å². The fraction of sp³-hybridized carbons (Fsp3) is 0.500. The fourth-order valence-corrected chi connectivity index (χ4v) is 3.07. The zero-order chi connectivity index (χ0) is 18.2. The van der Waals surface area contributed by atoms with Gasteiger partial charge in [0, 0.05) is 0 Å². The summed E-state index contributed by atoms with van der Waals surface area (Å²) < 4.78 is 9.81. The van der Waals surface area contributed by atoms with E-state index in [0.717, 1.165) is 24.3 Å². The van der Waals surface area contributed by atoms with E-state index in [0.29, 0.717) is 24.4 Å². The highest BCUT2D eigenvalue weighted by molar-refractivity contribution is 6.01. The summed E-state index contributed by atoms with van der Waals surface area (Å²) in [5.74, 6) is -1.03. The van der Waals surface area contributed by atoms with Crippen molar-refractivity contribution in [3.05, 3.63) is 29.8 Å². The van der Waals surface area contributed by atoms with Crippen molar-refractivity contribution < 1.29 is 28.8 Å². The number of piperidine rings is 1. The van der Waals surface area contributed by atoms with Gasteiger partial charge in [0.2, 0.25) is 0 Å². The number of carbonyl (C=O) groups excluding carboxylic acids is 3. The number of benzene rings is 1. The summed E-state index contributed by atoms with van der Waals surface area (Å²) >= 11 is 0. The van der Waals surface area contributed by atoms with Gasteiger partial charge in [-0.15, -0.1) is 0 Å². The molecular weight excluding hydrogens is 324 g/mol. The number of hydrogen-bond donors (Lipinski definition) is 2. The zero-order valence-corrected chi connectivity index (χ0v) is 14.7. The number of amides is 1. The molecule has 0 saturated carbocycles. The standard InChI is InChI=1S/C18H24N2O5/c1-3-25-17(22)13-7-6-10-20(11-13)12-16(21)19-15-9-5-4-8-14(15)18(23)24-2/h4-5,8-9,13H,3,6-7,10-12H2,1-2H3,(H,19,21)/p+1/t13-/m0/s1. The molecule has 7 nitrogen and oxygen atoms in total. The Morgan fingerprint density at radius 2 is 2.04 bits per heavy atom. The van der Waals surface area contributed by atoms with Crippen LogP contribution in [0.5, 0.6) is 0 Å². The van der Waals surface area contributed by atoms with Gasteiger partial charge in [0.15, 0.2) is 6.54 Å². The highest BCUT2D eigenvalue weighted by Crippen LogP contribution is 2.15. The van der Waals surface area contributed by atoms with Gasteiger partial charge in [-0.2, -0.15) is 0 Å². The Hall–Kier alpha value is -2.41. The molecule has 1 saturated heterocycles. The van der Waals surface area contributed by atoms with E-state index in [1.54, 1.807) is 31.2 Å². The summed E-state index contributed by atoms with van der Waals surface area (Å²) in [6.45, 7) is 3.82. The maximum atomic E-state index is 12.3. The van der Waals surface area contributed by atoms with Gasteiger partial charge in [-0.1, -0.05) is 12.1 Å². The van der Waals surface area contributed by atoms with E-state index in [-0.39, 0.29) is 24.3 Å². The molecule has 1 amide bonds. The van der Waals surface area contributed by atoms with Crippen molar-refractivity contribution in [3.63, 3.8) is 0 Å². The second kappa shape index (κ2) is 9.17. The van der Waals surface area contributed by atoms with E-state index in [2.05, 4.69) is 5.32 Å². The summed E-state index contributed by atoms with van der Waals surface area (Å²) in [5, 5.41) is 2.77. The molecular formula is C18H25N2O5+. The molecule has 1 aromatic carbocycles. The molecule has 1 heterocycles. The number of anilines is 1. The smallest absolute Gasteiger partial charge is 0.339 e. The van der Waals surface area contributed by atoms with Gasteiger partial charge in [0.05, 0.1) is 38.1 Å². The largest absolute Gasteiger partial charge is 0.466 e. The maximum absolute atomic E-state index is 12.3. The van der Waals surface area contributed by atoms with E-state index < -0.39 is 5.97 Å². The summed E-state index contributed by atoms with van der Waals surface area (Å²) in [6, 6.07) is 6.72. The van der Waals surface area contributed by atoms with E-state index in [9.17, 15) is 14.4 Å². The predicted octanol–water partition coefficient (Wildman–Crippen LogP) is 0.270.